The number of hydrazine groups is 2. The Bertz CT molecular complexity index is 1080. The number of aryl methyl sites for hydroxylation is 1. The number of benzene rings is 2. The SMILES string of the molecule is Cc1cccc(N(NC(=O)c2ccccc2)N(C=O)c2cc(=O)[nH]c(=O)[nH]2)c1. The highest BCUT2D eigenvalue weighted by Crippen LogP contribution is 2.19. The molecule has 28 heavy (non-hydrogen) atoms. The quantitative estimate of drug-likeness (QED) is 0.438. The van der Waals surface area contributed by atoms with Gasteiger partial charge in [-0.25, -0.2) is 10.2 Å². The summed E-state index contributed by atoms with van der Waals surface area (Å²) in [6.45, 7) is 1.85. The first-order chi connectivity index (χ1) is 13.5. The molecular formula is C19H17N5O4. The van der Waals surface area contributed by atoms with Gasteiger partial charge in [0.05, 0.1) is 5.69 Å². The zero-order valence-electron chi connectivity index (χ0n) is 14.9. The molecule has 3 rings (SSSR count). The number of aromatic amines is 2. The van der Waals surface area contributed by atoms with Crippen molar-refractivity contribution >= 4 is 23.8 Å². The van der Waals surface area contributed by atoms with Crippen molar-refractivity contribution in [3.8, 4) is 0 Å². The van der Waals surface area contributed by atoms with E-state index in [0.717, 1.165) is 21.8 Å². The normalized spacial score (nSPS) is 10.2. The Morgan fingerprint density at radius 2 is 1.75 bits per heavy atom. The molecule has 0 radical (unpaired) electrons. The zero-order chi connectivity index (χ0) is 20.1. The van der Waals surface area contributed by atoms with Gasteiger partial charge < -0.3 is 0 Å². The van der Waals surface area contributed by atoms with Gasteiger partial charge in [-0.2, -0.15) is 10.1 Å². The van der Waals surface area contributed by atoms with E-state index in [1.807, 2.05) is 18.0 Å². The maximum Gasteiger partial charge on any atom is 0.327 e. The van der Waals surface area contributed by atoms with E-state index >= 15 is 0 Å². The van der Waals surface area contributed by atoms with Gasteiger partial charge in [0.1, 0.15) is 5.82 Å². The molecule has 1 heterocycles. The largest absolute Gasteiger partial charge is 0.327 e. The summed E-state index contributed by atoms with van der Waals surface area (Å²) in [7, 11) is 0. The number of rotatable bonds is 6. The molecular weight excluding hydrogens is 362 g/mol. The Morgan fingerprint density at radius 3 is 2.39 bits per heavy atom. The van der Waals surface area contributed by atoms with Crippen LogP contribution < -0.4 is 26.8 Å². The van der Waals surface area contributed by atoms with E-state index < -0.39 is 17.2 Å². The van der Waals surface area contributed by atoms with Crippen LogP contribution in [0.15, 0.2) is 70.3 Å². The monoisotopic (exact) mass is 379 g/mol. The van der Waals surface area contributed by atoms with Crippen molar-refractivity contribution in [2.24, 2.45) is 0 Å². The lowest BCUT2D eigenvalue weighted by Gasteiger charge is -2.32. The van der Waals surface area contributed by atoms with Crippen LogP contribution in [0.5, 0.6) is 0 Å². The van der Waals surface area contributed by atoms with Gasteiger partial charge in [-0.1, -0.05) is 30.3 Å². The summed E-state index contributed by atoms with van der Waals surface area (Å²) in [5, 5.41) is 2.08. The number of amides is 2. The van der Waals surface area contributed by atoms with Crippen molar-refractivity contribution < 1.29 is 9.59 Å². The first-order valence-electron chi connectivity index (χ1n) is 8.29. The van der Waals surface area contributed by atoms with Gasteiger partial charge in [-0.05, 0) is 36.8 Å². The predicted octanol–water partition coefficient (Wildman–Crippen LogP) is 1.10. The molecule has 3 aromatic rings. The van der Waals surface area contributed by atoms with Crippen LogP contribution in [0.2, 0.25) is 0 Å². The molecule has 0 bridgehead atoms. The van der Waals surface area contributed by atoms with Crippen molar-refractivity contribution in [1.29, 1.82) is 0 Å². The average molecular weight is 379 g/mol. The number of carbonyl (C=O) groups is 2. The van der Waals surface area contributed by atoms with Gasteiger partial charge in [0.2, 0.25) is 6.41 Å². The smallest absolute Gasteiger partial charge is 0.292 e. The number of carbonyl (C=O) groups excluding carboxylic acids is 2. The molecule has 2 aromatic carbocycles. The first kappa shape index (κ1) is 18.6. The molecule has 0 atom stereocenters. The molecule has 142 valence electrons. The molecule has 0 spiro atoms. The van der Waals surface area contributed by atoms with Gasteiger partial charge in [-0.3, -0.25) is 24.4 Å². The van der Waals surface area contributed by atoms with Crippen LogP contribution in [0.4, 0.5) is 11.5 Å². The van der Waals surface area contributed by atoms with Crippen molar-refractivity contribution in [3.63, 3.8) is 0 Å². The van der Waals surface area contributed by atoms with E-state index in [1.54, 1.807) is 48.5 Å². The Balaban J connectivity index is 2.06. The Hall–Kier alpha value is -4.14. The van der Waals surface area contributed by atoms with Crippen LogP contribution in [-0.2, 0) is 4.79 Å². The minimum absolute atomic E-state index is 0.112. The second kappa shape index (κ2) is 8.04. The summed E-state index contributed by atoms with van der Waals surface area (Å²) < 4.78 is 0. The number of aromatic nitrogens is 2. The van der Waals surface area contributed by atoms with E-state index in [9.17, 15) is 19.2 Å². The summed E-state index contributed by atoms with van der Waals surface area (Å²) in [6.07, 6.45) is 0.373. The highest BCUT2D eigenvalue weighted by molar-refractivity contribution is 5.96. The summed E-state index contributed by atoms with van der Waals surface area (Å²) in [5.74, 6) is -0.597. The number of hydrogen-bond acceptors (Lipinski definition) is 5. The standard InChI is InChI=1S/C19H17N5O4/c1-13-6-5-9-15(10-13)24(22-18(27)14-7-3-2-4-8-14)23(12-25)16-11-17(26)21-19(28)20-16/h2-12H,1H3,(H,22,27)(H2,20,21,26,28). The van der Waals surface area contributed by atoms with Gasteiger partial charge in [0, 0.05) is 11.6 Å². The second-order valence-electron chi connectivity index (χ2n) is 5.88. The molecule has 2 amide bonds. The van der Waals surface area contributed by atoms with E-state index in [1.165, 1.54) is 0 Å². The predicted molar refractivity (Wildman–Crippen MR) is 104 cm³/mol. The van der Waals surface area contributed by atoms with Crippen LogP contribution in [0, 0.1) is 6.92 Å². The van der Waals surface area contributed by atoms with Crippen molar-refractivity contribution in [2.75, 3.05) is 10.1 Å². The van der Waals surface area contributed by atoms with Gasteiger partial charge >= 0.3 is 5.69 Å². The van der Waals surface area contributed by atoms with E-state index in [2.05, 4.69) is 10.4 Å². The lowest BCUT2D eigenvalue weighted by molar-refractivity contribution is -0.107. The molecule has 0 saturated carbocycles. The molecule has 0 aliphatic heterocycles. The lowest BCUT2D eigenvalue weighted by atomic mass is 10.2. The highest BCUT2D eigenvalue weighted by atomic mass is 16.2. The maximum absolute atomic E-state index is 12.7. The minimum Gasteiger partial charge on any atom is -0.292 e. The van der Waals surface area contributed by atoms with Crippen molar-refractivity contribution in [1.82, 2.24) is 15.4 Å². The third-order valence-electron chi connectivity index (χ3n) is 3.80. The van der Waals surface area contributed by atoms with Crippen LogP contribution in [0.25, 0.3) is 0 Å². The van der Waals surface area contributed by atoms with E-state index in [0.29, 0.717) is 17.7 Å². The highest BCUT2D eigenvalue weighted by Gasteiger charge is 2.21. The molecule has 0 saturated heterocycles. The Labute approximate surface area is 159 Å². The third kappa shape index (κ3) is 4.15. The van der Waals surface area contributed by atoms with E-state index in [4.69, 9.17) is 0 Å². The molecule has 1 aromatic heterocycles. The number of nitrogens with zero attached hydrogens (tertiary/aromatic N) is 2. The molecule has 9 heteroatoms. The summed E-state index contributed by atoms with van der Waals surface area (Å²) in [5.41, 5.74) is 2.83. The number of hydrogen-bond donors (Lipinski definition) is 3. The van der Waals surface area contributed by atoms with Crippen molar-refractivity contribution in [3.05, 3.63) is 92.6 Å². The van der Waals surface area contributed by atoms with Gasteiger partial charge in [0.25, 0.3) is 11.5 Å². The van der Waals surface area contributed by atoms with Crippen LogP contribution in [0.3, 0.4) is 0 Å². The lowest BCUT2D eigenvalue weighted by Crippen LogP contribution is -2.54. The molecule has 0 aliphatic carbocycles. The summed E-state index contributed by atoms with van der Waals surface area (Å²) in [6, 6.07) is 16.4. The number of anilines is 2. The van der Waals surface area contributed by atoms with Crippen LogP contribution in [0.1, 0.15) is 15.9 Å². The van der Waals surface area contributed by atoms with E-state index in [-0.39, 0.29) is 5.82 Å². The van der Waals surface area contributed by atoms with Crippen LogP contribution in [-0.4, -0.2) is 22.3 Å². The zero-order valence-corrected chi connectivity index (χ0v) is 14.9. The topological polar surface area (TPSA) is 118 Å². The Morgan fingerprint density at radius 1 is 1.00 bits per heavy atom. The number of H-pyrrole nitrogens is 2. The number of nitrogens with one attached hydrogen (secondary N) is 3. The minimum atomic E-state index is -0.784. The maximum atomic E-state index is 12.7. The second-order valence-corrected chi connectivity index (χ2v) is 5.88. The fourth-order valence-corrected chi connectivity index (χ4v) is 2.54. The fourth-order valence-electron chi connectivity index (χ4n) is 2.54. The average Bonchev–Trinajstić information content (AvgIpc) is 2.67. The molecule has 0 aliphatic rings. The molecule has 3 N–H and O–H groups in total. The molecule has 0 unspecified atom stereocenters. The Kier molecular flexibility index (Phi) is 5.35. The fraction of sp³-hybridized carbons (Fsp3) is 0.0526. The summed E-state index contributed by atoms with van der Waals surface area (Å²) in [4.78, 5) is 52.2. The summed E-state index contributed by atoms with van der Waals surface area (Å²) >= 11 is 0. The first-order valence-corrected chi connectivity index (χ1v) is 8.29. The molecule has 0 fully saturated rings. The van der Waals surface area contributed by atoms with Gasteiger partial charge in [-0.15, -0.1) is 0 Å². The van der Waals surface area contributed by atoms with Gasteiger partial charge in [0.15, 0.2) is 0 Å². The molecule has 9 nitrogen and oxygen atoms in total. The van der Waals surface area contributed by atoms with Crippen molar-refractivity contribution in [2.45, 2.75) is 6.92 Å². The third-order valence-corrected chi connectivity index (χ3v) is 3.80. The van der Waals surface area contributed by atoms with Crippen LogP contribution >= 0.6 is 0 Å².